The summed E-state index contributed by atoms with van der Waals surface area (Å²) in [5.74, 6) is -0.781. The van der Waals surface area contributed by atoms with Crippen molar-refractivity contribution in [2.45, 2.75) is 6.61 Å². The summed E-state index contributed by atoms with van der Waals surface area (Å²) >= 11 is 7.21. The molecule has 0 fully saturated rings. The van der Waals surface area contributed by atoms with Crippen LogP contribution in [0.25, 0.3) is 0 Å². The van der Waals surface area contributed by atoms with Crippen LogP contribution in [0.15, 0.2) is 34.8 Å². The molecule has 0 bridgehead atoms. The van der Waals surface area contributed by atoms with E-state index < -0.39 is 5.97 Å². The number of hydrogen-bond donors (Lipinski definition) is 1. The molecule has 0 heterocycles. The molecule has 0 atom stereocenters. The zero-order valence-electron chi connectivity index (χ0n) is 10.4. The summed E-state index contributed by atoms with van der Waals surface area (Å²) in [5.41, 5.74) is 0.637. The highest BCUT2D eigenvalue weighted by Gasteiger charge is 2.13. The van der Waals surface area contributed by atoms with Crippen LogP contribution in [-0.4, -0.2) is 11.1 Å². The first kappa shape index (κ1) is 16.9. The number of carboxylic acids is 1. The number of rotatable bonds is 4. The first-order valence-corrected chi connectivity index (χ1v) is 8.62. The number of carboxylic acid groups (broad SMARTS) is 1. The van der Waals surface area contributed by atoms with Gasteiger partial charge < -0.3 is 9.84 Å². The lowest BCUT2D eigenvalue weighted by Gasteiger charge is -2.12. The van der Waals surface area contributed by atoms with E-state index in [4.69, 9.17) is 9.84 Å². The minimum Gasteiger partial charge on any atom is -0.487 e. The van der Waals surface area contributed by atoms with E-state index in [2.05, 4.69) is 15.9 Å². The molecule has 0 unspecified atom stereocenters. The monoisotopic (exact) mass is 576 g/mol. The molecule has 0 aliphatic rings. The Morgan fingerprint density at radius 2 is 1.86 bits per heavy atom. The Morgan fingerprint density at radius 3 is 2.38 bits per heavy atom. The number of hydrogen-bond acceptors (Lipinski definition) is 2. The first-order valence-electron chi connectivity index (χ1n) is 5.67. The van der Waals surface area contributed by atoms with Crippen molar-refractivity contribution in [3.8, 4) is 5.75 Å². The molecule has 0 radical (unpaired) electrons. The van der Waals surface area contributed by atoms with Crippen LogP contribution in [0.1, 0.15) is 15.9 Å². The van der Waals surface area contributed by atoms with Crippen molar-refractivity contribution in [1.29, 1.82) is 0 Å². The molecule has 0 aromatic heterocycles. The highest BCUT2D eigenvalue weighted by atomic mass is 127. The van der Waals surface area contributed by atoms with Gasteiger partial charge in [-0.2, -0.15) is 0 Å². The zero-order valence-corrected chi connectivity index (χ0v) is 16.3. The van der Waals surface area contributed by atoms with Crippen molar-refractivity contribution in [3.05, 3.63) is 58.9 Å². The van der Waals surface area contributed by atoms with Gasteiger partial charge in [-0.15, -0.1) is 0 Å². The summed E-state index contributed by atoms with van der Waals surface area (Å²) in [7, 11) is 0. The normalized spacial score (nSPS) is 10.5. The third-order valence-electron chi connectivity index (χ3n) is 2.63. The number of halogens is 4. The van der Waals surface area contributed by atoms with E-state index >= 15 is 0 Å². The smallest absolute Gasteiger partial charge is 0.335 e. The maximum absolute atomic E-state index is 13.7. The van der Waals surface area contributed by atoms with Crippen LogP contribution in [0.2, 0.25) is 0 Å². The molecule has 0 amide bonds. The fourth-order valence-corrected chi connectivity index (χ4v) is 4.02. The molecule has 21 heavy (non-hydrogen) atoms. The maximum atomic E-state index is 13.7. The number of ether oxygens (including phenoxy) is 1. The third-order valence-corrected chi connectivity index (χ3v) is 4.73. The topological polar surface area (TPSA) is 46.5 Å². The Balaban J connectivity index is 2.22. The van der Waals surface area contributed by atoms with Gasteiger partial charge in [0.2, 0.25) is 0 Å². The molecule has 2 aromatic rings. The standard InChI is InChI=1S/C14H8BrFI2O3/c15-9-2-1-7(10(16)5-9)6-21-13-11(17)3-8(14(19)20)4-12(13)18/h1-5H,6H2,(H,19,20). The van der Waals surface area contributed by atoms with Gasteiger partial charge in [0.1, 0.15) is 18.2 Å². The van der Waals surface area contributed by atoms with Crippen molar-refractivity contribution in [1.82, 2.24) is 0 Å². The molecule has 0 spiro atoms. The summed E-state index contributed by atoms with van der Waals surface area (Å²) in [6.07, 6.45) is 0. The van der Waals surface area contributed by atoms with E-state index in [1.807, 2.05) is 45.2 Å². The van der Waals surface area contributed by atoms with Crippen LogP contribution < -0.4 is 4.74 Å². The Labute approximate surface area is 156 Å². The summed E-state index contributed by atoms with van der Waals surface area (Å²) in [5, 5.41) is 8.99. The van der Waals surface area contributed by atoms with E-state index in [0.717, 1.165) is 0 Å². The molecule has 0 saturated carbocycles. The minimum atomic E-state index is -0.990. The summed E-state index contributed by atoms with van der Waals surface area (Å²) in [6.45, 7) is 0.0809. The summed E-state index contributed by atoms with van der Waals surface area (Å²) in [4.78, 5) is 11.0. The molecule has 2 aromatic carbocycles. The zero-order chi connectivity index (χ0) is 15.6. The fourth-order valence-electron chi connectivity index (χ4n) is 1.61. The number of carbonyl (C=O) groups is 1. The van der Waals surface area contributed by atoms with Crippen LogP contribution in [-0.2, 0) is 6.61 Å². The van der Waals surface area contributed by atoms with Crippen molar-refractivity contribution >= 4 is 67.1 Å². The molecule has 110 valence electrons. The molecule has 2 rings (SSSR count). The predicted molar refractivity (Wildman–Crippen MR) is 97.3 cm³/mol. The summed E-state index contributed by atoms with van der Waals surface area (Å²) in [6, 6.07) is 7.81. The molecule has 0 saturated heterocycles. The summed E-state index contributed by atoms with van der Waals surface area (Å²) < 4.78 is 21.4. The molecule has 3 nitrogen and oxygen atoms in total. The molecular formula is C14H8BrFI2O3. The van der Waals surface area contributed by atoms with Gasteiger partial charge >= 0.3 is 5.97 Å². The van der Waals surface area contributed by atoms with Crippen molar-refractivity contribution in [2.75, 3.05) is 0 Å². The first-order chi connectivity index (χ1) is 9.88. The van der Waals surface area contributed by atoms with E-state index in [0.29, 0.717) is 22.9 Å². The minimum absolute atomic E-state index is 0.0809. The number of benzene rings is 2. The quantitative estimate of drug-likeness (QED) is 0.517. The lowest BCUT2D eigenvalue weighted by Crippen LogP contribution is -2.04. The predicted octanol–water partition coefficient (Wildman–Crippen LogP) is 5.07. The van der Waals surface area contributed by atoms with Crippen LogP contribution in [0.3, 0.4) is 0 Å². The van der Waals surface area contributed by atoms with Gasteiger partial charge in [-0.3, -0.25) is 0 Å². The van der Waals surface area contributed by atoms with Gasteiger partial charge in [0.25, 0.3) is 0 Å². The molecule has 1 N–H and O–H groups in total. The highest BCUT2D eigenvalue weighted by Crippen LogP contribution is 2.30. The van der Waals surface area contributed by atoms with Gasteiger partial charge in [0, 0.05) is 10.0 Å². The Bertz CT molecular complexity index is 684. The van der Waals surface area contributed by atoms with Crippen LogP contribution in [0.5, 0.6) is 5.75 Å². The van der Waals surface area contributed by atoms with Gasteiger partial charge in [-0.1, -0.05) is 22.0 Å². The Morgan fingerprint density at radius 1 is 1.24 bits per heavy atom. The average molecular weight is 577 g/mol. The van der Waals surface area contributed by atoms with Crippen molar-refractivity contribution < 1.29 is 19.0 Å². The SMILES string of the molecule is O=C(O)c1cc(I)c(OCc2ccc(Br)cc2F)c(I)c1. The Hall–Kier alpha value is -0.420. The van der Waals surface area contributed by atoms with Gasteiger partial charge in [0.05, 0.1) is 12.7 Å². The maximum Gasteiger partial charge on any atom is 0.335 e. The van der Waals surface area contributed by atoms with E-state index in [-0.39, 0.29) is 18.0 Å². The van der Waals surface area contributed by atoms with Crippen molar-refractivity contribution in [3.63, 3.8) is 0 Å². The van der Waals surface area contributed by atoms with Gasteiger partial charge in [0.15, 0.2) is 0 Å². The van der Waals surface area contributed by atoms with Crippen LogP contribution in [0.4, 0.5) is 4.39 Å². The number of aromatic carboxylic acids is 1. The second-order valence-corrected chi connectivity index (χ2v) is 7.34. The highest BCUT2D eigenvalue weighted by molar-refractivity contribution is 14.1. The Kier molecular flexibility index (Phi) is 5.83. The lowest BCUT2D eigenvalue weighted by molar-refractivity contribution is 0.0696. The molecular weight excluding hydrogens is 569 g/mol. The third kappa shape index (κ3) is 4.28. The molecule has 0 aliphatic heterocycles. The lowest BCUT2D eigenvalue weighted by atomic mass is 10.2. The second kappa shape index (κ2) is 7.23. The van der Waals surface area contributed by atoms with Crippen molar-refractivity contribution in [2.24, 2.45) is 0 Å². The largest absolute Gasteiger partial charge is 0.487 e. The van der Waals surface area contributed by atoms with Crippen LogP contribution in [0, 0.1) is 13.0 Å². The van der Waals surface area contributed by atoms with E-state index in [9.17, 15) is 9.18 Å². The fraction of sp³-hybridized carbons (Fsp3) is 0.0714. The molecule has 0 aliphatic carbocycles. The molecule has 7 heteroatoms. The van der Waals surface area contributed by atoms with E-state index in [1.165, 1.54) is 18.2 Å². The second-order valence-electron chi connectivity index (χ2n) is 4.10. The average Bonchev–Trinajstić information content (AvgIpc) is 2.39. The van der Waals surface area contributed by atoms with E-state index in [1.54, 1.807) is 12.1 Å². The van der Waals surface area contributed by atoms with Gasteiger partial charge in [-0.25, -0.2) is 9.18 Å². The van der Waals surface area contributed by atoms with Gasteiger partial charge in [-0.05, 0) is 69.4 Å². The van der Waals surface area contributed by atoms with Crippen LogP contribution >= 0.6 is 61.1 Å².